The van der Waals surface area contributed by atoms with Crippen molar-refractivity contribution in [2.45, 2.75) is 6.92 Å². The number of rotatable bonds is 6. The normalized spacial score (nSPS) is 9.80. The minimum Gasteiger partial charge on any atom is -0.375 e. The first kappa shape index (κ1) is 9.95. The number of hydrogen-bond acceptors (Lipinski definition) is 2. The molecule has 0 heterocycles. The van der Waals surface area contributed by atoms with Gasteiger partial charge in [-0.15, -0.1) is 0 Å². The first-order valence-electron chi connectivity index (χ1n) is 3.39. The Labute approximate surface area is 67.2 Å². The summed E-state index contributed by atoms with van der Waals surface area (Å²) in [5.74, 6) is 0. The van der Waals surface area contributed by atoms with Crippen LogP contribution in [0.15, 0.2) is 11.6 Å². The molecule has 60 valence electrons. The SMILES string of the molecule is C=C(Cl)COCCNCC. The summed E-state index contributed by atoms with van der Waals surface area (Å²) in [6, 6.07) is 0. The zero-order valence-electron chi connectivity index (χ0n) is 6.32. The Morgan fingerprint density at radius 2 is 2.40 bits per heavy atom. The highest BCUT2D eigenvalue weighted by atomic mass is 35.5. The number of ether oxygens (including phenoxy) is 1. The van der Waals surface area contributed by atoms with E-state index < -0.39 is 0 Å². The van der Waals surface area contributed by atoms with Gasteiger partial charge in [0.25, 0.3) is 0 Å². The van der Waals surface area contributed by atoms with Gasteiger partial charge < -0.3 is 10.1 Å². The van der Waals surface area contributed by atoms with Crippen LogP contribution in [0.25, 0.3) is 0 Å². The van der Waals surface area contributed by atoms with Crippen LogP contribution in [0.2, 0.25) is 0 Å². The van der Waals surface area contributed by atoms with E-state index in [4.69, 9.17) is 16.3 Å². The molecular formula is C7H14ClNO. The summed E-state index contributed by atoms with van der Waals surface area (Å²) in [4.78, 5) is 0. The molecule has 0 aliphatic rings. The highest BCUT2D eigenvalue weighted by molar-refractivity contribution is 6.29. The van der Waals surface area contributed by atoms with Gasteiger partial charge in [0.1, 0.15) is 0 Å². The molecule has 0 spiro atoms. The average Bonchev–Trinajstić information content (AvgIpc) is 1.87. The van der Waals surface area contributed by atoms with Crippen LogP contribution < -0.4 is 5.32 Å². The van der Waals surface area contributed by atoms with Crippen LogP contribution in [0.4, 0.5) is 0 Å². The van der Waals surface area contributed by atoms with Crippen molar-refractivity contribution in [3.63, 3.8) is 0 Å². The highest BCUT2D eigenvalue weighted by Crippen LogP contribution is 1.95. The fraction of sp³-hybridized carbons (Fsp3) is 0.714. The predicted octanol–water partition coefficient (Wildman–Crippen LogP) is 1.36. The van der Waals surface area contributed by atoms with Crippen molar-refractivity contribution in [1.82, 2.24) is 5.32 Å². The Hall–Kier alpha value is -0.0500. The molecule has 0 saturated carbocycles. The Kier molecular flexibility index (Phi) is 7.03. The van der Waals surface area contributed by atoms with Crippen LogP contribution in [-0.4, -0.2) is 26.3 Å². The third kappa shape index (κ3) is 7.95. The minimum atomic E-state index is 0.451. The monoisotopic (exact) mass is 163 g/mol. The summed E-state index contributed by atoms with van der Waals surface area (Å²) in [6.07, 6.45) is 0. The second kappa shape index (κ2) is 7.06. The summed E-state index contributed by atoms with van der Waals surface area (Å²) in [5.41, 5.74) is 0. The molecular weight excluding hydrogens is 150 g/mol. The first-order chi connectivity index (χ1) is 4.77. The maximum Gasteiger partial charge on any atom is 0.0817 e. The molecule has 0 unspecified atom stereocenters. The van der Waals surface area contributed by atoms with Crippen LogP contribution in [-0.2, 0) is 4.74 Å². The molecule has 0 bridgehead atoms. The van der Waals surface area contributed by atoms with Crippen molar-refractivity contribution in [3.05, 3.63) is 11.6 Å². The zero-order valence-corrected chi connectivity index (χ0v) is 7.08. The molecule has 0 aliphatic heterocycles. The summed E-state index contributed by atoms with van der Waals surface area (Å²) in [7, 11) is 0. The largest absolute Gasteiger partial charge is 0.375 e. The van der Waals surface area contributed by atoms with Gasteiger partial charge in [0.05, 0.1) is 13.2 Å². The second-order valence-corrected chi connectivity index (χ2v) is 2.46. The molecule has 0 atom stereocenters. The van der Waals surface area contributed by atoms with Gasteiger partial charge in [-0.2, -0.15) is 0 Å². The standard InChI is InChI=1S/C7H14ClNO/c1-3-9-4-5-10-6-7(2)8/h9H,2-6H2,1H3. The minimum absolute atomic E-state index is 0.451. The third-order valence-electron chi connectivity index (χ3n) is 0.932. The third-order valence-corrected chi connectivity index (χ3v) is 1.04. The van der Waals surface area contributed by atoms with E-state index in [1.165, 1.54) is 0 Å². The topological polar surface area (TPSA) is 21.3 Å². The van der Waals surface area contributed by atoms with Crippen LogP contribution in [0.5, 0.6) is 0 Å². The van der Waals surface area contributed by atoms with E-state index in [2.05, 4.69) is 18.8 Å². The Balaban J connectivity index is 2.84. The van der Waals surface area contributed by atoms with Crippen molar-refractivity contribution in [2.75, 3.05) is 26.3 Å². The van der Waals surface area contributed by atoms with Gasteiger partial charge in [-0.05, 0) is 6.54 Å². The van der Waals surface area contributed by atoms with E-state index in [1.807, 2.05) is 0 Å². The Bertz CT molecular complexity index is 95.6. The lowest BCUT2D eigenvalue weighted by molar-refractivity contribution is 0.162. The molecule has 0 fully saturated rings. The average molecular weight is 164 g/mol. The maximum atomic E-state index is 5.45. The van der Waals surface area contributed by atoms with Gasteiger partial charge >= 0.3 is 0 Å². The lowest BCUT2D eigenvalue weighted by Gasteiger charge is -2.01. The van der Waals surface area contributed by atoms with Gasteiger partial charge in [-0.3, -0.25) is 0 Å². The van der Waals surface area contributed by atoms with Crippen molar-refractivity contribution in [3.8, 4) is 0 Å². The van der Waals surface area contributed by atoms with Gasteiger partial charge in [0.2, 0.25) is 0 Å². The number of hydrogen-bond donors (Lipinski definition) is 1. The van der Waals surface area contributed by atoms with E-state index >= 15 is 0 Å². The molecule has 10 heavy (non-hydrogen) atoms. The summed E-state index contributed by atoms with van der Waals surface area (Å²) >= 11 is 5.45. The van der Waals surface area contributed by atoms with Crippen molar-refractivity contribution in [1.29, 1.82) is 0 Å². The van der Waals surface area contributed by atoms with Crippen LogP contribution in [0, 0.1) is 0 Å². The van der Waals surface area contributed by atoms with E-state index in [0.29, 0.717) is 18.2 Å². The van der Waals surface area contributed by atoms with Crippen LogP contribution >= 0.6 is 11.6 Å². The Morgan fingerprint density at radius 1 is 1.70 bits per heavy atom. The fourth-order valence-corrected chi connectivity index (χ4v) is 0.581. The van der Waals surface area contributed by atoms with Gasteiger partial charge in [-0.25, -0.2) is 0 Å². The molecule has 0 saturated heterocycles. The Morgan fingerprint density at radius 3 is 2.90 bits per heavy atom. The van der Waals surface area contributed by atoms with Crippen molar-refractivity contribution >= 4 is 11.6 Å². The molecule has 0 aliphatic carbocycles. The molecule has 0 rings (SSSR count). The van der Waals surface area contributed by atoms with E-state index in [0.717, 1.165) is 13.1 Å². The number of likely N-dealkylation sites (N-methyl/N-ethyl adjacent to an activating group) is 1. The fourth-order valence-electron chi connectivity index (χ4n) is 0.504. The maximum absolute atomic E-state index is 5.45. The van der Waals surface area contributed by atoms with E-state index in [-0.39, 0.29) is 0 Å². The molecule has 0 aromatic heterocycles. The lowest BCUT2D eigenvalue weighted by Crippen LogP contribution is -2.19. The number of halogens is 1. The molecule has 0 aromatic rings. The van der Waals surface area contributed by atoms with Crippen molar-refractivity contribution < 1.29 is 4.74 Å². The van der Waals surface area contributed by atoms with Crippen molar-refractivity contribution in [2.24, 2.45) is 0 Å². The molecule has 0 amide bonds. The molecule has 3 heteroatoms. The van der Waals surface area contributed by atoms with Gasteiger partial charge in [-0.1, -0.05) is 25.1 Å². The smallest absolute Gasteiger partial charge is 0.0817 e. The quantitative estimate of drug-likeness (QED) is 0.598. The molecule has 0 radical (unpaired) electrons. The molecule has 2 nitrogen and oxygen atoms in total. The van der Waals surface area contributed by atoms with E-state index in [9.17, 15) is 0 Å². The number of nitrogens with one attached hydrogen (secondary N) is 1. The summed E-state index contributed by atoms with van der Waals surface area (Å²) in [5, 5.41) is 3.68. The molecule has 0 aromatic carbocycles. The first-order valence-corrected chi connectivity index (χ1v) is 3.77. The predicted molar refractivity (Wildman–Crippen MR) is 44.4 cm³/mol. The van der Waals surface area contributed by atoms with Crippen LogP contribution in [0.3, 0.4) is 0 Å². The van der Waals surface area contributed by atoms with Gasteiger partial charge in [0, 0.05) is 11.6 Å². The van der Waals surface area contributed by atoms with Crippen LogP contribution in [0.1, 0.15) is 6.92 Å². The summed E-state index contributed by atoms with van der Waals surface area (Å²) in [6.45, 7) is 8.55. The second-order valence-electron chi connectivity index (χ2n) is 1.92. The molecule has 1 N–H and O–H groups in total. The van der Waals surface area contributed by atoms with Gasteiger partial charge in [0.15, 0.2) is 0 Å². The zero-order chi connectivity index (χ0) is 7.82. The lowest BCUT2D eigenvalue weighted by atomic mass is 10.6. The highest BCUT2D eigenvalue weighted by Gasteiger charge is 1.87. The summed E-state index contributed by atoms with van der Waals surface area (Å²) < 4.78 is 5.10. The van der Waals surface area contributed by atoms with E-state index in [1.54, 1.807) is 0 Å².